The number of amides is 1. The number of benzene rings is 1. The Morgan fingerprint density at radius 1 is 1.24 bits per heavy atom. The van der Waals surface area contributed by atoms with Gasteiger partial charge in [-0.25, -0.2) is 4.79 Å². The molecule has 1 N–H and O–H groups in total. The van der Waals surface area contributed by atoms with Gasteiger partial charge in [0.2, 0.25) is 0 Å². The van der Waals surface area contributed by atoms with Crippen molar-refractivity contribution in [3.05, 3.63) is 29.3 Å². The van der Waals surface area contributed by atoms with E-state index >= 15 is 0 Å². The van der Waals surface area contributed by atoms with Gasteiger partial charge in [0.15, 0.2) is 12.7 Å². The summed E-state index contributed by atoms with van der Waals surface area (Å²) in [4.78, 5) is 23.3. The molecule has 6 heteroatoms. The van der Waals surface area contributed by atoms with Crippen LogP contribution in [-0.2, 0) is 14.3 Å². The number of carbonyl (C=O) groups is 2. The smallest absolute Gasteiger partial charge is 0.347 e. The third-order valence-corrected chi connectivity index (χ3v) is 2.57. The summed E-state index contributed by atoms with van der Waals surface area (Å²) in [5.74, 6) is -0.452. The summed E-state index contributed by atoms with van der Waals surface area (Å²) < 4.78 is 10.3. The lowest BCUT2D eigenvalue weighted by atomic mass is 10.1. The number of hydrogen-bond donors (Lipinski definition) is 1. The summed E-state index contributed by atoms with van der Waals surface area (Å²) >= 11 is 5.76. The fraction of sp³-hybridized carbons (Fsp3) is 0.467. The van der Waals surface area contributed by atoms with Crippen molar-refractivity contribution >= 4 is 23.5 Å². The quantitative estimate of drug-likeness (QED) is 0.849. The van der Waals surface area contributed by atoms with Crippen LogP contribution in [0, 0.1) is 0 Å². The highest BCUT2D eigenvalue weighted by Crippen LogP contribution is 2.17. The minimum absolute atomic E-state index is 0.329. The van der Waals surface area contributed by atoms with Crippen LogP contribution in [-0.4, -0.2) is 30.1 Å². The van der Waals surface area contributed by atoms with Crippen molar-refractivity contribution in [1.29, 1.82) is 0 Å². The van der Waals surface area contributed by atoms with E-state index in [1.807, 2.05) is 20.8 Å². The van der Waals surface area contributed by atoms with Crippen LogP contribution in [0.5, 0.6) is 5.75 Å². The molecule has 0 aliphatic carbocycles. The van der Waals surface area contributed by atoms with Crippen molar-refractivity contribution in [2.75, 3.05) is 6.61 Å². The van der Waals surface area contributed by atoms with Gasteiger partial charge >= 0.3 is 5.97 Å². The molecule has 0 bridgehead atoms. The molecule has 1 rings (SSSR count). The number of nitrogens with one attached hydrogen (secondary N) is 1. The minimum atomic E-state index is -0.811. The molecular weight excluding hydrogens is 294 g/mol. The summed E-state index contributed by atoms with van der Waals surface area (Å²) in [6.45, 7) is 6.76. The summed E-state index contributed by atoms with van der Waals surface area (Å²) in [5, 5.41) is 3.28. The van der Waals surface area contributed by atoms with Crippen molar-refractivity contribution < 1.29 is 19.1 Å². The molecule has 21 heavy (non-hydrogen) atoms. The van der Waals surface area contributed by atoms with E-state index in [2.05, 4.69) is 5.32 Å². The van der Waals surface area contributed by atoms with Crippen molar-refractivity contribution in [2.45, 2.75) is 39.3 Å². The Hall–Kier alpha value is -1.75. The second-order valence-electron chi connectivity index (χ2n) is 5.62. The highest BCUT2D eigenvalue weighted by atomic mass is 35.5. The van der Waals surface area contributed by atoms with Gasteiger partial charge in [-0.15, -0.1) is 0 Å². The molecule has 0 aromatic heterocycles. The topological polar surface area (TPSA) is 64.6 Å². The first-order valence-corrected chi connectivity index (χ1v) is 6.95. The normalized spacial score (nSPS) is 12.4. The third kappa shape index (κ3) is 6.99. The molecule has 0 fully saturated rings. The molecule has 1 aromatic carbocycles. The minimum Gasteiger partial charge on any atom is -0.479 e. The van der Waals surface area contributed by atoms with Gasteiger partial charge in [-0.2, -0.15) is 0 Å². The van der Waals surface area contributed by atoms with Crippen molar-refractivity contribution in [2.24, 2.45) is 0 Å². The summed E-state index contributed by atoms with van der Waals surface area (Å²) in [6, 6.07) is 6.62. The number of ether oxygens (including phenoxy) is 2. The molecule has 1 aromatic rings. The van der Waals surface area contributed by atoms with Crippen LogP contribution in [0.25, 0.3) is 0 Å². The van der Waals surface area contributed by atoms with E-state index in [-0.39, 0.29) is 18.1 Å². The zero-order valence-corrected chi connectivity index (χ0v) is 13.4. The number of halogens is 1. The number of hydrogen-bond acceptors (Lipinski definition) is 4. The van der Waals surface area contributed by atoms with Gasteiger partial charge < -0.3 is 14.8 Å². The standard InChI is InChI=1S/C15H20ClNO4/c1-10(21-12-7-5-11(16)6-8-12)14(19)20-9-13(18)17-15(2,3)4/h5-8,10H,9H2,1-4H3,(H,17,18)/t10-/m0/s1. The average Bonchev–Trinajstić information content (AvgIpc) is 2.36. The lowest BCUT2D eigenvalue weighted by molar-refractivity contribution is -0.155. The summed E-state index contributed by atoms with van der Waals surface area (Å²) in [5.41, 5.74) is -0.366. The molecule has 116 valence electrons. The van der Waals surface area contributed by atoms with Crippen molar-refractivity contribution in [3.8, 4) is 5.75 Å². The lowest BCUT2D eigenvalue weighted by Crippen LogP contribution is -2.43. The fourth-order valence-electron chi connectivity index (χ4n) is 1.47. The maximum absolute atomic E-state index is 11.7. The predicted octanol–water partition coefficient (Wildman–Crippen LogP) is 2.57. The first-order chi connectivity index (χ1) is 9.67. The van der Waals surface area contributed by atoms with E-state index in [4.69, 9.17) is 21.1 Å². The van der Waals surface area contributed by atoms with Crippen LogP contribution < -0.4 is 10.1 Å². The van der Waals surface area contributed by atoms with Gasteiger partial charge in [0, 0.05) is 10.6 Å². The Bertz CT molecular complexity index is 493. The molecule has 0 spiro atoms. The van der Waals surface area contributed by atoms with Crippen LogP contribution in [0.1, 0.15) is 27.7 Å². The maximum atomic E-state index is 11.7. The Labute approximate surface area is 129 Å². The molecule has 1 atom stereocenters. The first kappa shape index (κ1) is 17.3. The molecule has 0 unspecified atom stereocenters. The maximum Gasteiger partial charge on any atom is 0.347 e. The molecule has 0 aliphatic rings. The zero-order valence-electron chi connectivity index (χ0n) is 12.6. The lowest BCUT2D eigenvalue weighted by Gasteiger charge is -2.20. The molecule has 0 aliphatic heterocycles. The van der Waals surface area contributed by atoms with E-state index < -0.39 is 12.1 Å². The van der Waals surface area contributed by atoms with E-state index in [0.29, 0.717) is 10.8 Å². The highest BCUT2D eigenvalue weighted by Gasteiger charge is 2.19. The Balaban J connectivity index is 2.41. The highest BCUT2D eigenvalue weighted by molar-refractivity contribution is 6.30. The average molecular weight is 314 g/mol. The van der Waals surface area contributed by atoms with Gasteiger partial charge in [-0.3, -0.25) is 4.79 Å². The van der Waals surface area contributed by atoms with Gasteiger partial charge in [-0.05, 0) is 52.0 Å². The van der Waals surface area contributed by atoms with E-state index in [1.54, 1.807) is 31.2 Å². The number of esters is 1. The van der Waals surface area contributed by atoms with Gasteiger partial charge in [0.1, 0.15) is 5.75 Å². The SMILES string of the molecule is C[C@H](Oc1ccc(Cl)cc1)C(=O)OCC(=O)NC(C)(C)C. The molecule has 0 radical (unpaired) electrons. The molecule has 1 amide bonds. The van der Waals surface area contributed by atoms with Crippen molar-refractivity contribution in [3.63, 3.8) is 0 Å². The molecule has 5 nitrogen and oxygen atoms in total. The first-order valence-electron chi connectivity index (χ1n) is 6.57. The number of carbonyl (C=O) groups excluding carboxylic acids is 2. The van der Waals surface area contributed by atoms with Crippen LogP contribution in [0.4, 0.5) is 0 Å². The van der Waals surface area contributed by atoms with Crippen LogP contribution in [0.2, 0.25) is 5.02 Å². The fourth-order valence-corrected chi connectivity index (χ4v) is 1.60. The van der Waals surface area contributed by atoms with E-state index in [9.17, 15) is 9.59 Å². The second-order valence-corrected chi connectivity index (χ2v) is 6.06. The van der Waals surface area contributed by atoms with Crippen molar-refractivity contribution in [1.82, 2.24) is 5.32 Å². The second kappa shape index (κ2) is 7.31. The third-order valence-electron chi connectivity index (χ3n) is 2.32. The van der Waals surface area contributed by atoms with Gasteiger partial charge in [0.05, 0.1) is 0 Å². The Morgan fingerprint density at radius 2 is 1.81 bits per heavy atom. The Kier molecular flexibility index (Phi) is 6.03. The van der Waals surface area contributed by atoms with E-state index in [0.717, 1.165) is 0 Å². The molecular formula is C15H20ClNO4. The van der Waals surface area contributed by atoms with Crippen LogP contribution in [0.3, 0.4) is 0 Å². The summed E-state index contributed by atoms with van der Waals surface area (Å²) in [6.07, 6.45) is -0.811. The molecule has 0 saturated heterocycles. The number of rotatable bonds is 5. The zero-order chi connectivity index (χ0) is 16.0. The van der Waals surface area contributed by atoms with Gasteiger partial charge in [-0.1, -0.05) is 11.6 Å². The van der Waals surface area contributed by atoms with Crippen LogP contribution in [0.15, 0.2) is 24.3 Å². The van der Waals surface area contributed by atoms with Gasteiger partial charge in [0.25, 0.3) is 5.91 Å². The molecule has 0 heterocycles. The molecule has 0 saturated carbocycles. The Morgan fingerprint density at radius 3 is 2.33 bits per heavy atom. The van der Waals surface area contributed by atoms with Crippen LogP contribution >= 0.6 is 11.6 Å². The largest absolute Gasteiger partial charge is 0.479 e. The van der Waals surface area contributed by atoms with E-state index in [1.165, 1.54) is 0 Å². The summed E-state index contributed by atoms with van der Waals surface area (Å²) in [7, 11) is 0. The monoisotopic (exact) mass is 313 g/mol. The predicted molar refractivity (Wildman–Crippen MR) is 80.4 cm³/mol.